The minimum Gasteiger partial charge on any atom is -0.507 e. The monoisotopic (exact) mass is 408 g/mol. The maximum absolute atomic E-state index is 13.3. The maximum atomic E-state index is 13.3. The van der Waals surface area contributed by atoms with Gasteiger partial charge in [-0.25, -0.2) is 0 Å². The van der Waals surface area contributed by atoms with Crippen LogP contribution in [-0.4, -0.2) is 35.3 Å². The summed E-state index contributed by atoms with van der Waals surface area (Å²) in [4.78, 5) is 15.0. The Kier molecular flexibility index (Phi) is 5.44. The van der Waals surface area contributed by atoms with E-state index in [1.54, 1.807) is 24.1 Å². The fourth-order valence-corrected chi connectivity index (χ4v) is 3.92. The summed E-state index contributed by atoms with van der Waals surface area (Å²) in [5.74, 6) is 1.27. The third kappa shape index (κ3) is 3.93. The normalized spacial score (nSPS) is 14.1. The summed E-state index contributed by atoms with van der Waals surface area (Å²) in [6.45, 7) is 12.8. The lowest BCUT2D eigenvalue weighted by Crippen LogP contribution is -2.30. The van der Waals surface area contributed by atoms with Gasteiger partial charge in [-0.3, -0.25) is 10.2 Å². The fraction of sp³-hybridized carbons (Fsp3) is 0.440. The molecule has 2 aromatic rings. The van der Waals surface area contributed by atoms with Crippen LogP contribution in [0.3, 0.4) is 0 Å². The zero-order valence-corrected chi connectivity index (χ0v) is 19.0. The molecule has 2 N–H and O–H groups in total. The Morgan fingerprint density at radius 2 is 1.67 bits per heavy atom. The highest BCUT2D eigenvalue weighted by Gasteiger charge is 2.31. The molecule has 0 aliphatic carbocycles. The van der Waals surface area contributed by atoms with Gasteiger partial charge in [0.05, 0.1) is 13.7 Å². The second kappa shape index (κ2) is 7.46. The Balaban J connectivity index is 1.96. The molecule has 0 atom stereocenters. The van der Waals surface area contributed by atoms with Gasteiger partial charge in [0.25, 0.3) is 0 Å². The number of nitrogens with zero attached hydrogens (tertiary/aromatic N) is 1. The summed E-state index contributed by atoms with van der Waals surface area (Å²) in [7, 11) is 1.62. The van der Waals surface area contributed by atoms with Crippen LogP contribution in [0.5, 0.6) is 11.5 Å². The molecular weight excluding hydrogens is 376 g/mol. The summed E-state index contributed by atoms with van der Waals surface area (Å²) in [6, 6.07) is 9.24. The van der Waals surface area contributed by atoms with Crippen LogP contribution < -0.4 is 4.74 Å². The zero-order valence-electron chi connectivity index (χ0n) is 19.0. The van der Waals surface area contributed by atoms with E-state index in [4.69, 9.17) is 10.1 Å². The quantitative estimate of drug-likeness (QED) is 0.697. The molecule has 1 aliphatic heterocycles. The van der Waals surface area contributed by atoms with Crippen LogP contribution in [0, 0.1) is 5.41 Å². The van der Waals surface area contributed by atoms with E-state index >= 15 is 0 Å². The number of hydrogen-bond acceptors (Lipinski definition) is 4. The van der Waals surface area contributed by atoms with Crippen molar-refractivity contribution in [3.05, 3.63) is 58.1 Å². The van der Waals surface area contributed by atoms with Crippen molar-refractivity contribution in [2.45, 2.75) is 58.9 Å². The molecule has 0 spiro atoms. The Labute approximate surface area is 179 Å². The van der Waals surface area contributed by atoms with Crippen molar-refractivity contribution >= 4 is 11.6 Å². The molecule has 0 fully saturated rings. The van der Waals surface area contributed by atoms with Gasteiger partial charge in [-0.2, -0.15) is 0 Å². The van der Waals surface area contributed by atoms with Gasteiger partial charge in [0.1, 0.15) is 17.3 Å². The molecule has 0 unspecified atom stereocenters. The lowest BCUT2D eigenvalue weighted by atomic mass is 9.78. The van der Waals surface area contributed by atoms with Crippen molar-refractivity contribution < 1.29 is 14.6 Å². The second-order valence-corrected chi connectivity index (χ2v) is 10.0. The highest BCUT2D eigenvalue weighted by Crippen LogP contribution is 2.40. The molecule has 0 saturated heterocycles. The SMILES string of the molecule is COc1cccc2c1CN(CC(=O)c1cc(C(C)(C)C)c(O)c(C(C)(C)C)c1)C2=N. The van der Waals surface area contributed by atoms with Crippen LogP contribution in [0.4, 0.5) is 0 Å². The second-order valence-electron chi connectivity index (χ2n) is 10.0. The summed E-state index contributed by atoms with van der Waals surface area (Å²) in [5.41, 5.74) is 3.24. The number of ketones is 1. The molecule has 5 nitrogen and oxygen atoms in total. The van der Waals surface area contributed by atoms with Crippen LogP contribution in [0.1, 0.15) is 74.2 Å². The van der Waals surface area contributed by atoms with Crippen LogP contribution in [0.2, 0.25) is 0 Å². The summed E-state index contributed by atoms with van der Waals surface area (Å²) < 4.78 is 5.43. The molecule has 0 amide bonds. The first-order chi connectivity index (χ1) is 13.8. The standard InChI is InChI=1S/C25H32N2O3/c1-24(2,3)18-11-15(12-19(22(18)29)25(4,5)6)20(28)14-27-13-17-16(23(27)26)9-8-10-21(17)30-7/h8-12,26,29H,13-14H2,1-7H3. The molecule has 0 saturated carbocycles. The molecule has 0 bridgehead atoms. The van der Waals surface area contributed by atoms with Crippen molar-refractivity contribution in [3.63, 3.8) is 0 Å². The van der Waals surface area contributed by atoms with Gasteiger partial charge in [-0.1, -0.05) is 53.7 Å². The van der Waals surface area contributed by atoms with Gasteiger partial charge < -0.3 is 14.7 Å². The van der Waals surface area contributed by atoms with Gasteiger partial charge in [-0.15, -0.1) is 0 Å². The van der Waals surface area contributed by atoms with Crippen molar-refractivity contribution in [2.75, 3.05) is 13.7 Å². The summed E-state index contributed by atoms with van der Waals surface area (Å²) in [6.07, 6.45) is 0. The number of carbonyl (C=O) groups is 1. The highest BCUT2D eigenvalue weighted by molar-refractivity contribution is 6.05. The van der Waals surface area contributed by atoms with Crippen molar-refractivity contribution in [1.82, 2.24) is 4.90 Å². The van der Waals surface area contributed by atoms with E-state index in [0.717, 1.165) is 28.0 Å². The van der Waals surface area contributed by atoms with Crippen LogP contribution >= 0.6 is 0 Å². The molecule has 0 aromatic heterocycles. The van der Waals surface area contributed by atoms with Crippen molar-refractivity contribution in [3.8, 4) is 11.5 Å². The number of carbonyl (C=O) groups excluding carboxylic acids is 1. The van der Waals surface area contributed by atoms with E-state index < -0.39 is 0 Å². The van der Waals surface area contributed by atoms with E-state index in [1.165, 1.54) is 0 Å². The molecule has 30 heavy (non-hydrogen) atoms. The first kappa shape index (κ1) is 21.9. The van der Waals surface area contributed by atoms with Gasteiger partial charge in [0.2, 0.25) is 0 Å². The number of benzene rings is 2. The number of aromatic hydroxyl groups is 1. The number of amidine groups is 1. The molecular formula is C25H32N2O3. The lowest BCUT2D eigenvalue weighted by molar-refractivity contribution is 0.0962. The molecule has 3 rings (SSSR count). The van der Waals surface area contributed by atoms with E-state index in [-0.39, 0.29) is 28.9 Å². The topological polar surface area (TPSA) is 73.6 Å². The predicted molar refractivity (Wildman–Crippen MR) is 120 cm³/mol. The largest absolute Gasteiger partial charge is 0.507 e. The Morgan fingerprint density at radius 1 is 1.10 bits per heavy atom. The first-order valence-electron chi connectivity index (χ1n) is 10.3. The number of phenolic OH excluding ortho intramolecular Hbond substituents is 1. The highest BCUT2D eigenvalue weighted by atomic mass is 16.5. The number of methoxy groups -OCH3 is 1. The lowest BCUT2D eigenvalue weighted by Gasteiger charge is -2.28. The number of hydrogen-bond donors (Lipinski definition) is 2. The number of phenols is 1. The number of fused-ring (bicyclic) bond motifs is 1. The average Bonchev–Trinajstić information content (AvgIpc) is 2.95. The minimum atomic E-state index is -0.301. The molecule has 0 radical (unpaired) electrons. The Bertz CT molecular complexity index is 975. The number of ether oxygens (including phenoxy) is 1. The minimum absolute atomic E-state index is 0.0671. The number of nitrogens with one attached hydrogen (secondary N) is 1. The molecule has 5 heteroatoms. The molecule has 1 aliphatic rings. The van der Waals surface area contributed by atoms with E-state index in [9.17, 15) is 9.90 Å². The molecule has 1 heterocycles. The zero-order chi connectivity index (χ0) is 22.4. The number of rotatable bonds is 4. The molecule has 160 valence electrons. The number of Topliss-reactive ketones (excluding diaryl/α,β-unsaturated/α-hetero) is 1. The summed E-state index contributed by atoms with van der Waals surface area (Å²) in [5, 5.41) is 19.4. The van der Waals surface area contributed by atoms with Gasteiger partial charge in [0.15, 0.2) is 5.78 Å². The van der Waals surface area contributed by atoms with Gasteiger partial charge in [-0.05, 0) is 29.0 Å². The maximum Gasteiger partial charge on any atom is 0.182 e. The first-order valence-corrected chi connectivity index (χ1v) is 10.3. The van der Waals surface area contributed by atoms with E-state index in [0.29, 0.717) is 17.9 Å². The van der Waals surface area contributed by atoms with Gasteiger partial charge in [0, 0.05) is 34.4 Å². The predicted octanol–water partition coefficient (Wildman–Crippen LogP) is 5.02. The van der Waals surface area contributed by atoms with Gasteiger partial charge >= 0.3 is 0 Å². The van der Waals surface area contributed by atoms with E-state index in [2.05, 4.69) is 0 Å². The van der Waals surface area contributed by atoms with Crippen molar-refractivity contribution in [1.29, 1.82) is 5.41 Å². The van der Waals surface area contributed by atoms with E-state index in [1.807, 2.05) is 59.7 Å². The fourth-order valence-electron chi connectivity index (χ4n) is 3.92. The van der Waals surface area contributed by atoms with Crippen molar-refractivity contribution in [2.24, 2.45) is 0 Å². The molecule has 2 aromatic carbocycles. The smallest absolute Gasteiger partial charge is 0.182 e. The third-order valence-electron chi connectivity index (χ3n) is 5.66. The third-order valence-corrected chi connectivity index (χ3v) is 5.66. The van der Waals surface area contributed by atoms with Crippen LogP contribution in [0.15, 0.2) is 30.3 Å². The average molecular weight is 409 g/mol. The Morgan fingerprint density at radius 3 is 2.17 bits per heavy atom. The Hall–Kier alpha value is -2.82. The summed E-state index contributed by atoms with van der Waals surface area (Å²) >= 11 is 0. The van der Waals surface area contributed by atoms with Crippen LogP contribution in [-0.2, 0) is 17.4 Å². The van der Waals surface area contributed by atoms with Crippen LogP contribution in [0.25, 0.3) is 0 Å².